The summed E-state index contributed by atoms with van der Waals surface area (Å²) >= 11 is 0. The summed E-state index contributed by atoms with van der Waals surface area (Å²) in [6, 6.07) is 42.4. The molecule has 0 spiro atoms. The normalized spacial score (nSPS) is 13.5. The highest BCUT2D eigenvalue weighted by Crippen LogP contribution is 2.38. The van der Waals surface area contributed by atoms with Gasteiger partial charge in [0.25, 0.3) is 0 Å². The molecule has 1 aliphatic carbocycles. The second kappa shape index (κ2) is 8.85. The van der Waals surface area contributed by atoms with Crippen LogP contribution in [-0.4, -0.2) is 4.57 Å². The van der Waals surface area contributed by atoms with Crippen LogP contribution >= 0.6 is 0 Å². The maximum Gasteiger partial charge on any atom is 0.0606 e. The molecule has 1 heteroatoms. The van der Waals surface area contributed by atoms with E-state index in [1.807, 2.05) is 0 Å². The smallest absolute Gasteiger partial charge is 0.0606 e. The molecule has 1 nitrogen and oxygen atoms in total. The van der Waals surface area contributed by atoms with E-state index in [-0.39, 0.29) is 0 Å². The first-order valence-corrected chi connectivity index (χ1v) is 13.8. The molecule has 0 bridgehead atoms. The van der Waals surface area contributed by atoms with Gasteiger partial charge in [-0.05, 0) is 80.1 Å². The van der Waals surface area contributed by atoms with Crippen LogP contribution in [0.5, 0.6) is 0 Å². The number of hydrogen-bond acceptors (Lipinski definition) is 0. The molecule has 184 valence electrons. The van der Waals surface area contributed by atoms with Crippen molar-refractivity contribution < 1.29 is 0 Å². The highest BCUT2D eigenvalue weighted by Gasteiger charge is 2.13. The average Bonchev–Trinajstić information content (AvgIpc) is 3.46. The Bertz CT molecular complexity index is 2070. The molecular formula is C38H27N. The van der Waals surface area contributed by atoms with E-state index in [4.69, 9.17) is 0 Å². The summed E-state index contributed by atoms with van der Waals surface area (Å²) in [5, 5.41) is 9.13. The summed E-state index contributed by atoms with van der Waals surface area (Å²) < 4.78 is 2.34. The Balaban J connectivity index is 1.25. The van der Waals surface area contributed by atoms with Crippen molar-refractivity contribution in [2.24, 2.45) is 0 Å². The van der Waals surface area contributed by atoms with Crippen molar-refractivity contribution in [1.82, 2.24) is 4.57 Å². The molecular weight excluding hydrogens is 470 g/mol. The summed E-state index contributed by atoms with van der Waals surface area (Å²) in [5.74, 6) is 0. The summed E-state index contributed by atoms with van der Waals surface area (Å²) in [4.78, 5) is 0. The van der Waals surface area contributed by atoms with Crippen molar-refractivity contribution in [2.45, 2.75) is 12.8 Å². The van der Waals surface area contributed by atoms with Crippen LogP contribution in [-0.2, 0) is 0 Å². The number of benzene rings is 6. The maximum absolute atomic E-state index is 2.37. The molecule has 0 amide bonds. The highest BCUT2D eigenvalue weighted by atomic mass is 15.0. The van der Waals surface area contributed by atoms with Crippen molar-refractivity contribution in [3.05, 3.63) is 140 Å². The van der Waals surface area contributed by atoms with Gasteiger partial charge in [-0.1, -0.05) is 115 Å². The third-order valence-corrected chi connectivity index (χ3v) is 8.24. The third-order valence-electron chi connectivity index (χ3n) is 8.24. The molecule has 0 unspecified atom stereocenters. The molecule has 1 aromatic heterocycles. The lowest BCUT2D eigenvalue weighted by atomic mass is 9.91. The fourth-order valence-electron chi connectivity index (χ4n) is 6.35. The van der Waals surface area contributed by atoms with E-state index >= 15 is 0 Å². The Kier molecular flexibility index (Phi) is 5.03. The van der Waals surface area contributed by atoms with Gasteiger partial charge >= 0.3 is 0 Å². The lowest BCUT2D eigenvalue weighted by Crippen LogP contribution is -1.96. The number of allylic oxidation sites excluding steroid dienone is 4. The number of nitrogens with zero attached hydrogens (tertiary/aromatic N) is 1. The van der Waals surface area contributed by atoms with Crippen LogP contribution in [0.3, 0.4) is 0 Å². The fraction of sp³-hybridized carbons (Fsp3) is 0.0526. The van der Waals surface area contributed by atoms with Crippen molar-refractivity contribution in [3.63, 3.8) is 0 Å². The lowest BCUT2D eigenvalue weighted by molar-refractivity contribution is 1.01. The zero-order valence-electron chi connectivity index (χ0n) is 21.6. The lowest BCUT2D eigenvalue weighted by Gasteiger charge is -2.14. The van der Waals surface area contributed by atoms with E-state index in [0.717, 1.165) is 12.8 Å². The molecule has 0 fully saturated rings. The standard InChI is InChI=1S/C38H27N/c1-2-10-30(11-3-1)39-24-23-28-9-8-16-31(38(28)39)27-19-17-26(18-20-27)29-21-22-36-34-14-5-4-12-32(34)33-13-6-7-15-35(33)37(36)25-29/h2,4-25H,1,3H2. The van der Waals surface area contributed by atoms with Crippen molar-refractivity contribution in [2.75, 3.05) is 0 Å². The average molecular weight is 498 g/mol. The van der Waals surface area contributed by atoms with Gasteiger partial charge < -0.3 is 4.57 Å². The Labute approximate surface area is 227 Å². The van der Waals surface area contributed by atoms with Crippen molar-refractivity contribution >= 4 is 48.9 Å². The monoisotopic (exact) mass is 497 g/mol. The highest BCUT2D eigenvalue weighted by molar-refractivity contribution is 6.25. The molecule has 0 N–H and O–H groups in total. The van der Waals surface area contributed by atoms with Gasteiger partial charge in [-0.2, -0.15) is 0 Å². The van der Waals surface area contributed by atoms with E-state index < -0.39 is 0 Å². The quantitative estimate of drug-likeness (QED) is 0.214. The van der Waals surface area contributed by atoms with Crippen LogP contribution < -0.4 is 0 Å². The van der Waals surface area contributed by atoms with Crippen LogP contribution in [0.1, 0.15) is 12.8 Å². The number of para-hydroxylation sites is 1. The maximum atomic E-state index is 2.37. The minimum atomic E-state index is 1.10. The van der Waals surface area contributed by atoms with Gasteiger partial charge in [-0.25, -0.2) is 0 Å². The third kappa shape index (κ3) is 3.55. The van der Waals surface area contributed by atoms with Crippen LogP contribution in [0, 0.1) is 0 Å². The minimum Gasteiger partial charge on any atom is -0.316 e. The Hall–Kier alpha value is -4.88. The SMILES string of the molecule is C1=CC(n2ccc3cccc(-c4ccc(-c5ccc6c7ccccc7c7ccccc7c6c5)cc4)c32)=CCC1. The number of hydrogen-bond donors (Lipinski definition) is 0. The molecule has 0 saturated heterocycles. The number of rotatable bonds is 3. The second-order valence-electron chi connectivity index (χ2n) is 10.5. The summed E-state index contributed by atoms with van der Waals surface area (Å²) in [6.07, 6.45) is 11.3. The molecule has 6 aromatic carbocycles. The Morgan fingerprint density at radius 1 is 0.487 bits per heavy atom. The molecule has 0 aliphatic heterocycles. The van der Waals surface area contributed by atoms with Crippen LogP contribution in [0.4, 0.5) is 0 Å². The molecule has 8 rings (SSSR count). The predicted molar refractivity (Wildman–Crippen MR) is 168 cm³/mol. The topological polar surface area (TPSA) is 4.93 Å². The second-order valence-corrected chi connectivity index (χ2v) is 10.5. The van der Waals surface area contributed by atoms with Crippen molar-refractivity contribution in [1.29, 1.82) is 0 Å². The first-order valence-electron chi connectivity index (χ1n) is 13.8. The molecule has 0 saturated carbocycles. The van der Waals surface area contributed by atoms with Crippen LogP contribution in [0.2, 0.25) is 0 Å². The first kappa shape index (κ1) is 22.1. The molecule has 39 heavy (non-hydrogen) atoms. The van der Waals surface area contributed by atoms with E-state index in [0.29, 0.717) is 0 Å². The predicted octanol–water partition coefficient (Wildman–Crippen LogP) is 10.6. The molecule has 7 aromatic rings. The zero-order valence-corrected chi connectivity index (χ0v) is 21.6. The van der Waals surface area contributed by atoms with Gasteiger partial charge in [0.05, 0.1) is 5.52 Å². The zero-order chi connectivity index (χ0) is 25.8. The Morgan fingerprint density at radius 2 is 1.13 bits per heavy atom. The Morgan fingerprint density at radius 3 is 1.82 bits per heavy atom. The van der Waals surface area contributed by atoms with Crippen LogP contribution in [0.15, 0.2) is 140 Å². The molecule has 0 atom stereocenters. The summed E-state index contributed by atoms with van der Waals surface area (Å²) in [7, 11) is 0. The molecule has 1 heterocycles. The van der Waals surface area contributed by atoms with Gasteiger partial charge in [0.2, 0.25) is 0 Å². The molecule has 0 radical (unpaired) electrons. The van der Waals surface area contributed by atoms with Gasteiger partial charge in [-0.15, -0.1) is 0 Å². The first-order chi connectivity index (χ1) is 19.3. The van der Waals surface area contributed by atoms with Gasteiger partial charge in [0.1, 0.15) is 0 Å². The number of fused-ring (bicyclic) bond motifs is 7. The fourth-order valence-corrected chi connectivity index (χ4v) is 6.35. The van der Waals surface area contributed by atoms with Gasteiger partial charge in [0, 0.05) is 22.8 Å². The largest absolute Gasteiger partial charge is 0.316 e. The van der Waals surface area contributed by atoms with E-state index in [9.17, 15) is 0 Å². The van der Waals surface area contributed by atoms with Gasteiger partial charge in [-0.3, -0.25) is 0 Å². The molecule has 1 aliphatic rings. The van der Waals surface area contributed by atoms with E-state index in [1.165, 1.54) is 71.2 Å². The van der Waals surface area contributed by atoms with Gasteiger partial charge in [0.15, 0.2) is 0 Å². The summed E-state index contributed by atoms with van der Waals surface area (Å²) in [5.41, 5.74) is 7.51. The minimum absolute atomic E-state index is 1.10. The summed E-state index contributed by atoms with van der Waals surface area (Å²) in [6.45, 7) is 0. The number of aromatic nitrogens is 1. The van der Waals surface area contributed by atoms with E-state index in [1.54, 1.807) is 0 Å². The van der Waals surface area contributed by atoms with E-state index in [2.05, 4.69) is 144 Å². The van der Waals surface area contributed by atoms with Crippen molar-refractivity contribution in [3.8, 4) is 22.3 Å². The van der Waals surface area contributed by atoms with Crippen LogP contribution in [0.25, 0.3) is 71.2 Å².